The van der Waals surface area contributed by atoms with E-state index in [-0.39, 0.29) is 0 Å². The van der Waals surface area contributed by atoms with Gasteiger partial charge in [-0.15, -0.1) is 16.7 Å². The summed E-state index contributed by atoms with van der Waals surface area (Å²) >= 11 is 8.82. The number of halogens is 3. The Morgan fingerprint density at radius 2 is 2.24 bits per heavy atom. The van der Waals surface area contributed by atoms with E-state index in [0.29, 0.717) is 23.4 Å². The van der Waals surface area contributed by atoms with Crippen LogP contribution in [0.2, 0.25) is 0 Å². The molecule has 0 aliphatic heterocycles. The molecule has 17 heavy (non-hydrogen) atoms. The molecule has 7 heteroatoms. The zero-order chi connectivity index (χ0) is 12.3. The highest BCUT2D eigenvalue weighted by Gasteiger charge is 2.06. The number of hydrogen-bond donors (Lipinski definition) is 0. The molecule has 0 bridgehead atoms. The van der Waals surface area contributed by atoms with Crippen molar-refractivity contribution in [3.8, 4) is 0 Å². The molecule has 90 valence electrons. The highest BCUT2D eigenvalue weighted by molar-refractivity contribution is 9.10. The summed E-state index contributed by atoms with van der Waals surface area (Å²) in [6, 6.07) is 2.98. The van der Waals surface area contributed by atoms with E-state index < -0.39 is 5.95 Å². The van der Waals surface area contributed by atoms with Gasteiger partial charge in [0, 0.05) is 24.1 Å². The Hall–Kier alpha value is -1.01. The lowest BCUT2D eigenvalue weighted by atomic mass is 10.3. The smallest absolute Gasteiger partial charge is 0.213 e. The molecule has 0 N–H and O–H groups in total. The van der Waals surface area contributed by atoms with Gasteiger partial charge in [0.25, 0.3) is 0 Å². The molecule has 0 aliphatic carbocycles. The van der Waals surface area contributed by atoms with Crippen LogP contribution < -0.4 is 0 Å². The van der Waals surface area contributed by atoms with Gasteiger partial charge in [-0.05, 0) is 28.1 Å². The molecule has 0 saturated heterocycles. The van der Waals surface area contributed by atoms with Crippen LogP contribution in [0.3, 0.4) is 0 Å². The molecule has 2 rings (SSSR count). The fourth-order valence-corrected chi connectivity index (χ4v) is 1.98. The van der Waals surface area contributed by atoms with Crippen LogP contribution in [0.5, 0.6) is 0 Å². The van der Waals surface area contributed by atoms with Crippen LogP contribution in [0.4, 0.5) is 4.39 Å². The average molecular weight is 320 g/mol. The molecule has 0 amide bonds. The van der Waals surface area contributed by atoms with E-state index in [1.165, 1.54) is 6.07 Å². The Kier molecular flexibility index (Phi) is 4.06. The van der Waals surface area contributed by atoms with Gasteiger partial charge in [-0.3, -0.25) is 0 Å². The van der Waals surface area contributed by atoms with Gasteiger partial charge in [-0.25, -0.2) is 9.67 Å². The van der Waals surface area contributed by atoms with Gasteiger partial charge >= 0.3 is 0 Å². The summed E-state index contributed by atoms with van der Waals surface area (Å²) in [4.78, 5) is 3.68. The van der Waals surface area contributed by atoms with Gasteiger partial charge in [0.1, 0.15) is 4.60 Å². The number of alkyl halides is 1. The molecule has 4 nitrogen and oxygen atoms in total. The molecule has 0 atom stereocenters. The summed E-state index contributed by atoms with van der Waals surface area (Å²) in [6.45, 7) is 0.489. The third kappa shape index (κ3) is 3.23. The topological polar surface area (TPSA) is 43.6 Å². The molecule has 0 spiro atoms. The largest absolute Gasteiger partial charge is 0.248 e. The number of nitrogens with zero attached hydrogens (tertiary/aromatic N) is 4. The lowest BCUT2D eigenvalue weighted by Gasteiger charge is -2.02. The first-order valence-electron chi connectivity index (χ1n) is 4.95. The first-order valence-corrected chi connectivity index (χ1v) is 6.27. The van der Waals surface area contributed by atoms with Crippen molar-refractivity contribution in [3.63, 3.8) is 0 Å². The Labute approximate surface area is 111 Å². The van der Waals surface area contributed by atoms with Crippen molar-refractivity contribution in [2.75, 3.05) is 5.88 Å². The van der Waals surface area contributed by atoms with Crippen molar-refractivity contribution in [2.24, 2.45) is 0 Å². The van der Waals surface area contributed by atoms with E-state index in [2.05, 4.69) is 31.2 Å². The number of pyridine rings is 1. The van der Waals surface area contributed by atoms with E-state index in [9.17, 15) is 4.39 Å². The van der Waals surface area contributed by atoms with Gasteiger partial charge in [-0.2, -0.15) is 4.39 Å². The van der Waals surface area contributed by atoms with Gasteiger partial charge in [0.15, 0.2) is 0 Å². The van der Waals surface area contributed by atoms with Crippen LogP contribution >= 0.6 is 27.5 Å². The quantitative estimate of drug-likeness (QED) is 0.642. The highest BCUT2D eigenvalue weighted by Crippen LogP contribution is 2.15. The Balaban J connectivity index is 2.13. The molecule has 0 aliphatic rings. The molecule has 0 fully saturated rings. The fourth-order valence-electron chi connectivity index (χ4n) is 1.36. The minimum Gasteiger partial charge on any atom is -0.248 e. The van der Waals surface area contributed by atoms with E-state index >= 15 is 0 Å². The van der Waals surface area contributed by atoms with Gasteiger partial charge in [-0.1, -0.05) is 5.21 Å². The predicted octanol–water partition coefficient (Wildman–Crippen LogP) is 2.40. The molecular formula is C10H9BrClFN4. The number of hydrogen-bond acceptors (Lipinski definition) is 3. The zero-order valence-corrected chi connectivity index (χ0v) is 11.1. The Bertz CT molecular complexity index is 517. The fraction of sp³-hybridized carbons (Fsp3) is 0.300. The van der Waals surface area contributed by atoms with Crippen molar-refractivity contribution in [1.82, 2.24) is 20.0 Å². The summed E-state index contributed by atoms with van der Waals surface area (Å²) in [5.74, 6) is 0.00238. The Morgan fingerprint density at radius 3 is 2.94 bits per heavy atom. The maximum atomic E-state index is 12.8. The van der Waals surface area contributed by atoms with Gasteiger partial charge in [0.2, 0.25) is 5.95 Å². The van der Waals surface area contributed by atoms with Crippen LogP contribution in [0, 0.1) is 5.95 Å². The summed E-state index contributed by atoms with van der Waals surface area (Å²) in [7, 11) is 0. The standard InChI is InChI=1S/C10H9BrClFN4/c11-10-7(1-2-9(13)14-10)5-17-6-8(3-4-12)15-16-17/h1-2,6H,3-5H2. The number of aryl methyl sites for hydroxylation is 1. The van der Waals surface area contributed by atoms with Crippen LogP contribution in [-0.4, -0.2) is 25.9 Å². The molecule has 0 radical (unpaired) electrons. The third-order valence-corrected chi connectivity index (χ3v) is 3.04. The van der Waals surface area contributed by atoms with E-state index in [0.717, 1.165) is 11.3 Å². The minimum absolute atomic E-state index is 0.479. The lowest BCUT2D eigenvalue weighted by molar-refractivity contribution is 0.574. The number of aromatic nitrogens is 4. The average Bonchev–Trinajstić information content (AvgIpc) is 2.71. The van der Waals surface area contributed by atoms with Gasteiger partial charge < -0.3 is 0 Å². The summed E-state index contributed by atoms with van der Waals surface area (Å²) < 4.78 is 14.9. The predicted molar refractivity (Wildman–Crippen MR) is 65.4 cm³/mol. The maximum absolute atomic E-state index is 12.8. The van der Waals surface area contributed by atoms with E-state index in [1.807, 2.05) is 6.20 Å². The summed E-state index contributed by atoms with van der Waals surface area (Å²) in [5, 5.41) is 7.93. The lowest BCUT2D eigenvalue weighted by Crippen LogP contribution is -2.02. The molecule has 2 aromatic rings. The van der Waals surface area contributed by atoms with Crippen LogP contribution in [0.1, 0.15) is 11.3 Å². The second-order valence-electron chi connectivity index (χ2n) is 3.43. The number of rotatable bonds is 4. The molecule has 2 aromatic heterocycles. The van der Waals surface area contributed by atoms with Crippen LogP contribution in [-0.2, 0) is 13.0 Å². The SMILES string of the molecule is Fc1ccc(Cn2cc(CCCl)nn2)c(Br)n1. The third-order valence-electron chi connectivity index (χ3n) is 2.16. The van der Waals surface area contributed by atoms with E-state index in [4.69, 9.17) is 11.6 Å². The maximum Gasteiger partial charge on any atom is 0.213 e. The first-order chi connectivity index (χ1) is 8.19. The molecular weight excluding hydrogens is 310 g/mol. The first kappa shape index (κ1) is 12.4. The van der Waals surface area contributed by atoms with Crippen molar-refractivity contribution in [3.05, 3.63) is 40.1 Å². The molecule has 2 heterocycles. The normalized spacial score (nSPS) is 10.8. The molecule has 0 aromatic carbocycles. The zero-order valence-electron chi connectivity index (χ0n) is 8.78. The van der Waals surface area contributed by atoms with Crippen molar-refractivity contribution in [1.29, 1.82) is 0 Å². The van der Waals surface area contributed by atoms with Crippen LogP contribution in [0.25, 0.3) is 0 Å². The Morgan fingerprint density at radius 1 is 1.41 bits per heavy atom. The van der Waals surface area contributed by atoms with Crippen molar-refractivity contribution in [2.45, 2.75) is 13.0 Å². The second kappa shape index (κ2) is 5.55. The summed E-state index contributed by atoms with van der Waals surface area (Å²) in [5.41, 5.74) is 1.68. The highest BCUT2D eigenvalue weighted by atomic mass is 79.9. The molecule has 0 saturated carbocycles. The van der Waals surface area contributed by atoms with Crippen molar-refractivity contribution < 1.29 is 4.39 Å². The van der Waals surface area contributed by atoms with E-state index in [1.54, 1.807) is 10.7 Å². The van der Waals surface area contributed by atoms with Crippen LogP contribution in [0.15, 0.2) is 22.9 Å². The monoisotopic (exact) mass is 318 g/mol. The molecule has 0 unspecified atom stereocenters. The van der Waals surface area contributed by atoms with Crippen molar-refractivity contribution >= 4 is 27.5 Å². The van der Waals surface area contributed by atoms with Gasteiger partial charge in [0.05, 0.1) is 12.2 Å². The minimum atomic E-state index is -0.512. The summed E-state index contributed by atoms with van der Waals surface area (Å²) in [6.07, 6.45) is 2.50. The second-order valence-corrected chi connectivity index (χ2v) is 4.56.